The van der Waals surface area contributed by atoms with E-state index >= 15 is 0 Å². The first-order valence-corrected chi connectivity index (χ1v) is 10.4. The van der Waals surface area contributed by atoms with Gasteiger partial charge < -0.3 is 23.7 Å². The molecule has 0 N–H and O–H groups in total. The summed E-state index contributed by atoms with van der Waals surface area (Å²) in [5.41, 5.74) is 0.628. The minimum atomic E-state index is -1.25. The molecule has 13 heteroatoms. The van der Waals surface area contributed by atoms with Crippen LogP contribution in [0.2, 0.25) is 0 Å². The molecule has 0 saturated carbocycles. The van der Waals surface area contributed by atoms with Crippen LogP contribution in [0.4, 0.5) is 0 Å². The summed E-state index contributed by atoms with van der Waals surface area (Å²) in [4.78, 5) is 46.5. The van der Waals surface area contributed by atoms with Crippen molar-refractivity contribution in [3.63, 3.8) is 0 Å². The quantitative estimate of drug-likeness (QED) is 0.206. The summed E-state index contributed by atoms with van der Waals surface area (Å²) in [5.74, 6) is -2.66. The van der Waals surface area contributed by atoms with Gasteiger partial charge in [-0.3, -0.25) is 19.2 Å². The number of hydrogen-bond donors (Lipinski definition) is 0. The van der Waals surface area contributed by atoms with Gasteiger partial charge in [-0.15, -0.1) is 5.10 Å². The molecular weight excluding hydrogens is 517 g/mol. The number of nitrogens with zero attached hydrogens (tertiary/aromatic N) is 3. The Hall–Kier alpha value is -2.29. The molecule has 30 heavy (non-hydrogen) atoms. The molecule has 1 aliphatic rings. The van der Waals surface area contributed by atoms with Crippen LogP contribution in [0.3, 0.4) is 0 Å². The minimum Gasteiger partial charge on any atom is -0.463 e. The Morgan fingerprint density at radius 1 is 0.967 bits per heavy atom. The molecule has 0 amide bonds. The fraction of sp³-hybridized carbons (Fsp3) is 0.647. The Bertz CT molecular complexity index is 799. The van der Waals surface area contributed by atoms with Crippen molar-refractivity contribution < 1.29 is 42.9 Å². The van der Waals surface area contributed by atoms with E-state index in [1.54, 1.807) is 6.20 Å². The number of aromatic nitrogens is 3. The van der Waals surface area contributed by atoms with E-state index in [-0.39, 0.29) is 6.61 Å². The largest absolute Gasteiger partial charge is 0.463 e. The highest BCUT2D eigenvalue weighted by Crippen LogP contribution is 2.34. The highest BCUT2D eigenvalue weighted by atomic mass is 127. The summed E-state index contributed by atoms with van der Waals surface area (Å²) in [5, 5.41) is 7.97. The lowest BCUT2D eigenvalue weighted by Crippen LogP contribution is -2.60. The van der Waals surface area contributed by atoms with Gasteiger partial charge in [-0.05, 0) is 0 Å². The van der Waals surface area contributed by atoms with E-state index in [2.05, 4.69) is 32.9 Å². The average Bonchev–Trinajstić information content (AvgIpc) is 3.11. The van der Waals surface area contributed by atoms with E-state index in [0.717, 1.165) is 13.8 Å². The summed E-state index contributed by atoms with van der Waals surface area (Å²) >= 11 is 2.10. The van der Waals surface area contributed by atoms with E-state index in [0.29, 0.717) is 10.1 Å². The maximum atomic E-state index is 11.8. The van der Waals surface area contributed by atoms with E-state index in [4.69, 9.17) is 23.7 Å². The fourth-order valence-corrected chi connectivity index (χ4v) is 3.27. The second kappa shape index (κ2) is 10.7. The molecule has 12 nitrogen and oxygen atoms in total. The molecule has 166 valence electrons. The van der Waals surface area contributed by atoms with Gasteiger partial charge in [0.1, 0.15) is 12.7 Å². The Morgan fingerprint density at radius 2 is 1.53 bits per heavy atom. The second-order valence-electron chi connectivity index (χ2n) is 6.41. The van der Waals surface area contributed by atoms with Crippen molar-refractivity contribution in [3.8, 4) is 0 Å². The van der Waals surface area contributed by atoms with Crippen LogP contribution in [0, 0.1) is 0 Å². The predicted molar refractivity (Wildman–Crippen MR) is 105 cm³/mol. The van der Waals surface area contributed by atoms with Crippen molar-refractivity contribution in [3.05, 3.63) is 11.9 Å². The summed E-state index contributed by atoms with van der Waals surface area (Å²) in [6.07, 6.45) is -4.22. The Kier molecular flexibility index (Phi) is 8.52. The van der Waals surface area contributed by atoms with Crippen molar-refractivity contribution in [2.75, 3.05) is 6.61 Å². The molecule has 0 aliphatic carbocycles. The third-order valence-electron chi connectivity index (χ3n) is 3.92. The van der Waals surface area contributed by atoms with Gasteiger partial charge in [-0.2, -0.15) is 0 Å². The molecule has 2 rings (SSSR count). The van der Waals surface area contributed by atoms with Gasteiger partial charge >= 0.3 is 23.9 Å². The molecule has 1 saturated heterocycles. The monoisotopic (exact) mass is 539 g/mol. The lowest BCUT2D eigenvalue weighted by molar-refractivity contribution is -0.270. The number of halogens is 1. The zero-order valence-electron chi connectivity index (χ0n) is 16.8. The number of esters is 4. The molecule has 0 bridgehead atoms. The average molecular weight is 539 g/mol. The first-order chi connectivity index (χ1) is 14.1. The number of carbonyl (C=O) groups excluding carboxylic acids is 4. The zero-order valence-corrected chi connectivity index (χ0v) is 18.9. The van der Waals surface area contributed by atoms with Gasteiger partial charge in [-0.25, -0.2) is 4.68 Å². The Labute approximate surface area is 185 Å². The third-order valence-corrected chi connectivity index (χ3v) is 4.70. The summed E-state index contributed by atoms with van der Waals surface area (Å²) < 4.78 is 28.9. The molecule has 1 aromatic rings. The number of carbonyl (C=O) groups is 4. The van der Waals surface area contributed by atoms with Crippen LogP contribution in [0.5, 0.6) is 0 Å². The van der Waals surface area contributed by atoms with Crippen molar-refractivity contribution in [1.29, 1.82) is 0 Å². The molecule has 0 aromatic carbocycles. The summed E-state index contributed by atoms with van der Waals surface area (Å²) in [6.45, 7) is 4.39. The Morgan fingerprint density at radius 3 is 2.03 bits per heavy atom. The van der Waals surface area contributed by atoms with Gasteiger partial charge in [0.2, 0.25) is 0 Å². The number of hydrogen-bond acceptors (Lipinski definition) is 11. The van der Waals surface area contributed by atoms with Crippen LogP contribution < -0.4 is 0 Å². The molecule has 1 aliphatic heterocycles. The molecule has 1 aromatic heterocycles. The highest BCUT2D eigenvalue weighted by Gasteiger charge is 2.53. The molecule has 1 fully saturated rings. The number of rotatable bonds is 7. The summed E-state index contributed by atoms with van der Waals surface area (Å²) in [6, 6.07) is 0. The van der Waals surface area contributed by atoms with Crippen molar-refractivity contribution in [2.45, 2.75) is 62.8 Å². The van der Waals surface area contributed by atoms with E-state index < -0.39 is 54.5 Å². The van der Waals surface area contributed by atoms with Gasteiger partial charge in [-0.1, -0.05) is 27.8 Å². The van der Waals surface area contributed by atoms with E-state index in [9.17, 15) is 19.2 Å². The van der Waals surface area contributed by atoms with Crippen LogP contribution in [0.25, 0.3) is 0 Å². The first kappa shape index (κ1) is 24.0. The maximum Gasteiger partial charge on any atom is 0.303 e. The predicted octanol–water partition coefficient (Wildman–Crippen LogP) is 0.469. The SMILES string of the molecule is CC(=O)OC[C@H]1O[C@@H](n2cc(CI)nn2)[C@H](OC(C)=O)[C@@H](OC(C)=O)[C@@H]1OC(C)=O. The van der Waals surface area contributed by atoms with Gasteiger partial charge in [0.25, 0.3) is 0 Å². The van der Waals surface area contributed by atoms with E-state index in [1.165, 1.54) is 18.5 Å². The summed E-state index contributed by atoms with van der Waals surface area (Å²) in [7, 11) is 0. The van der Waals surface area contributed by atoms with Crippen LogP contribution >= 0.6 is 22.6 Å². The normalized spacial score (nSPS) is 25.8. The third kappa shape index (κ3) is 6.35. The second-order valence-corrected chi connectivity index (χ2v) is 7.18. The van der Waals surface area contributed by atoms with Crippen molar-refractivity contribution in [2.24, 2.45) is 0 Å². The minimum absolute atomic E-state index is 0.303. The van der Waals surface area contributed by atoms with E-state index in [1.807, 2.05) is 0 Å². The lowest BCUT2D eigenvalue weighted by atomic mass is 9.97. The molecule has 5 atom stereocenters. The van der Waals surface area contributed by atoms with Crippen LogP contribution in [-0.2, 0) is 47.3 Å². The number of alkyl halides is 1. The highest BCUT2D eigenvalue weighted by molar-refractivity contribution is 14.1. The smallest absolute Gasteiger partial charge is 0.303 e. The van der Waals surface area contributed by atoms with Crippen LogP contribution in [-0.4, -0.2) is 69.9 Å². The van der Waals surface area contributed by atoms with Crippen molar-refractivity contribution in [1.82, 2.24) is 15.0 Å². The molecule has 0 spiro atoms. The van der Waals surface area contributed by atoms with Gasteiger partial charge in [0.15, 0.2) is 24.5 Å². The van der Waals surface area contributed by atoms with Crippen molar-refractivity contribution >= 4 is 46.5 Å². The Balaban J connectivity index is 2.50. The molecule has 2 heterocycles. The number of ether oxygens (including phenoxy) is 5. The maximum absolute atomic E-state index is 11.8. The lowest BCUT2D eigenvalue weighted by Gasteiger charge is -2.44. The van der Waals surface area contributed by atoms with Gasteiger partial charge in [0.05, 0.1) is 11.9 Å². The van der Waals surface area contributed by atoms with Gasteiger partial charge in [0, 0.05) is 32.1 Å². The molecule has 0 unspecified atom stereocenters. The zero-order chi connectivity index (χ0) is 22.4. The topological polar surface area (TPSA) is 145 Å². The fourth-order valence-electron chi connectivity index (χ4n) is 2.92. The van der Waals surface area contributed by atoms with Crippen LogP contribution in [0.1, 0.15) is 39.6 Å². The first-order valence-electron chi connectivity index (χ1n) is 8.89. The molecular formula is C17H22IN3O9. The standard InChI is InChI=1S/C17H22IN3O9/c1-8(22)26-7-13-14(27-9(2)23)15(28-10(3)24)16(29-11(4)25)17(30-13)21-6-12(5-18)19-20-21/h6,13-17H,5,7H2,1-4H3/t13-,14-,15+,16-,17-/m1/s1. The molecule has 0 radical (unpaired) electrons. The van der Waals surface area contributed by atoms with Crippen LogP contribution in [0.15, 0.2) is 6.20 Å².